The van der Waals surface area contributed by atoms with Crippen molar-refractivity contribution in [3.8, 4) is 0 Å². The first-order valence-electron chi connectivity index (χ1n) is 11.1. The van der Waals surface area contributed by atoms with Crippen molar-refractivity contribution in [1.82, 2.24) is 25.3 Å². The molecule has 6 rings (SSSR count). The minimum Gasteiger partial charge on any atom is -0.444 e. The molecule has 2 aromatic heterocycles. The maximum atomic E-state index is 12.6. The van der Waals surface area contributed by atoms with Crippen LogP contribution >= 0.6 is 0 Å². The number of nitrogens with zero attached hydrogens (tertiary/aromatic N) is 3. The number of carbonyl (C=O) groups is 2. The Morgan fingerprint density at radius 3 is 2.85 bits per heavy atom. The van der Waals surface area contributed by atoms with Crippen LogP contribution in [0.3, 0.4) is 0 Å². The Morgan fingerprint density at radius 1 is 1.35 bits per heavy atom. The summed E-state index contributed by atoms with van der Waals surface area (Å²) in [6, 6.07) is 3.12. The van der Waals surface area contributed by atoms with Crippen LogP contribution in [0, 0.1) is 5.92 Å². The van der Waals surface area contributed by atoms with E-state index < -0.39 is 25.0 Å². The molecule has 3 aliphatic carbocycles. The maximum absolute atomic E-state index is 12.6. The van der Waals surface area contributed by atoms with Gasteiger partial charge in [0.1, 0.15) is 24.5 Å². The molecule has 11 nitrogen and oxygen atoms in total. The average Bonchev–Trinajstić information content (AvgIpc) is 3.44. The molecule has 13 heteroatoms. The van der Waals surface area contributed by atoms with E-state index in [1.807, 2.05) is 0 Å². The van der Waals surface area contributed by atoms with Crippen LogP contribution in [-0.4, -0.2) is 63.3 Å². The first-order chi connectivity index (χ1) is 16.3. The summed E-state index contributed by atoms with van der Waals surface area (Å²) in [7, 11) is 1.57. The zero-order chi connectivity index (χ0) is 23.9. The summed E-state index contributed by atoms with van der Waals surface area (Å²) in [6.07, 6.45) is -0.0768. The summed E-state index contributed by atoms with van der Waals surface area (Å²) in [5.41, 5.74) is 1.19. The predicted octanol–water partition coefficient (Wildman–Crippen LogP) is 2.29. The van der Waals surface area contributed by atoms with Crippen LogP contribution in [0.4, 0.5) is 19.4 Å². The summed E-state index contributed by atoms with van der Waals surface area (Å²) < 4.78 is 41.8. The number of aromatic amines is 1. The van der Waals surface area contributed by atoms with E-state index in [1.165, 1.54) is 10.7 Å². The van der Waals surface area contributed by atoms with Crippen molar-refractivity contribution in [2.24, 2.45) is 13.0 Å². The highest BCUT2D eigenvalue weighted by Gasteiger charge is 2.57. The molecule has 4 aliphatic rings. The molecule has 0 aromatic carbocycles. The van der Waals surface area contributed by atoms with Crippen molar-refractivity contribution in [3.63, 3.8) is 0 Å². The molecule has 3 N–H and O–H groups in total. The van der Waals surface area contributed by atoms with Gasteiger partial charge in [-0.3, -0.25) is 14.6 Å². The number of H-pyrrole nitrogens is 1. The number of alkyl carbamates (subject to hydrolysis) is 1. The van der Waals surface area contributed by atoms with Crippen LogP contribution in [0.5, 0.6) is 0 Å². The molecule has 0 radical (unpaired) electrons. The number of anilines is 1. The van der Waals surface area contributed by atoms with Gasteiger partial charge in [-0.05, 0) is 31.2 Å². The fourth-order valence-corrected chi connectivity index (χ4v) is 4.73. The summed E-state index contributed by atoms with van der Waals surface area (Å²) in [6.45, 7) is -0.547. The maximum Gasteiger partial charge on any atom is 0.407 e. The molecule has 3 saturated carbocycles. The van der Waals surface area contributed by atoms with Gasteiger partial charge in [-0.2, -0.15) is 10.2 Å². The third-order valence-corrected chi connectivity index (χ3v) is 6.48. The average molecular weight is 480 g/mol. The minimum atomic E-state index is -2.57. The summed E-state index contributed by atoms with van der Waals surface area (Å²) >= 11 is 0. The number of rotatable bonds is 9. The third-order valence-electron chi connectivity index (χ3n) is 6.48. The van der Waals surface area contributed by atoms with Gasteiger partial charge in [-0.25, -0.2) is 13.6 Å². The van der Waals surface area contributed by atoms with Crippen LogP contribution in [0.1, 0.15) is 53.7 Å². The van der Waals surface area contributed by atoms with E-state index in [1.54, 1.807) is 13.1 Å². The number of aryl methyl sites for hydroxylation is 1. The second-order valence-corrected chi connectivity index (χ2v) is 9.18. The van der Waals surface area contributed by atoms with Crippen LogP contribution < -0.4 is 10.6 Å². The van der Waals surface area contributed by atoms with Crippen molar-refractivity contribution in [2.45, 2.75) is 56.5 Å². The molecule has 1 aliphatic heterocycles. The molecule has 2 aromatic rings. The Morgan fingerprint density at radius 2 is 2.15 bits per heavy atom. The molecule has 34 heavy (non-hydrogen) atoms. The van der Waals surface area contributed by atoms with E-state index in [0.717, 1.165) is 25.2 Å². The first kappa shape index (κ1) is 22.7. The van der Waals surface area contributed by atoms with Gasteiger partial charge in [0, 0.05) is 25.1 Å². The molecule has 1 saturated heterocycles. The second-order valence-electron chi connectivity index (χ2n) is 9.18. The van der Waals surface area contributed by atoms with Gasteiger partial charge < -0.3 is 24.8 Å². The lowest BCUT2D eigenvalue weighted by Gasteiger charge is -2.61. The number of aromatic nitrogens is 4. The monoisotopic (exact) mass is 480 g/mol. The summed E-state index contributed by atoms with van der Waals surface area (Å²) in [4.78, 5) is 24.7. The van der Waals surface area contributed by atoms with Gasteiger partial charge in [0.05, 0.1) is 24.6 Å². The van der Waals surface area contributed by atoms with Crippen LogP contribution in [0.15, 0.2) is 12.1 Å². The normalized spacial score (nSPS) is 27.2. The van der Waals surface area contributed by atoms with Crippen LogP contribution in [-0.2, 0) is 27.9 Å². The summed E-state index contributed by atoms with van der Waals surface area (Å²) in [5.74, 6) is 0.583. The number of halogens is 2. The van der Waals surface area contributed by atoms with Crippen LogP contribution in [0.2, 0.25) is 0 Å². The Hall–Kier alpha value is -3.06. The Labute approximate surface area is 193 Å². The second kappa shape index (κ2) is 8.95. The lowest BCUT2D eigenvalue weighted by atomic mass is 9.50. The van der Waals surface area contributed by atoms with Crippen molar-refractivity contribution in [2.75, 3.05) is 18.5 Å². The number of ether oxygens (including phenoxy) is 3. The van der Waals surface area contributed by atoms with Gasteiger partial charge in [0.2, 0.25) is 0 Å². The summed E-state index contributed by atoms with van der Waals surface area (Å²) in [5, 5.41) is 16.7. The van der Waals surface area contributed by atoms with Crippen molar-refractivity contribution in [1.29, 1.82) is 0 Å². The molecule has 3 heterocycles. The molecule has 0 unspecified atom stereocenters. The predicted molar refractivity (Wildman–Crippen MR) is 112 cm³/mol. The quantitative estimate of drug-likeness (QED) is 0.502. The van der Waals surface area contributed by atoms with E-state index in [0.29, 0.717) is 17.8 Å². The number of hydrogen-bond donors (Lipinski definition) is 3. The fourth-order valence-electron chi connectivity index (χ4n) is 4.73. The number of carbonyl (C=O) groups excluding carboxylic acids is 2. The topological polar surface area (TPSA) is 132 Å². The number of amides is 2. The zero-order valence-electron chi connectivity index (χ0n) is 18.6. The van der Waals surface area contributed by atoms with Gasteiger partial charge in [0.25, 0.3) is 12.3 Å². The number of nitrogens with one attached hydrogen (secondary N) is 3. The lowest BCUT2D eigenvalue weighted by Crippen LogP contribution is -2.68. The Bertz CT molecular complexity index is 1050. The zero-order valence-corrected chi connectivity index (χ0v) is 18.6. The molecule has 2 atom stereocenters. The highest BCUT2D eigenvalue weighted by atomic mass is 19.3. The van der Waals surface area contributed by atoms with E-state index in [2.05, 4.69) is 25.9 Å². The minimum absolute atomic E-state index is 0.0371. The van der Waals surface area contributed by atoms with E-state index in [-0.39, 0.29) is 42.5 Å². The van der Waals surface area contributed by atoms with Crippen LogP contribution in [0.25, 0.3) is 0 Å². The van der Waals surface area contributed by atoms with Gasteiger partial charge in [0.15, 0.2) is 5.82 Å². The smallest absolute Gasteiger partial charge is 0.407 e. The van der Waals surface area contributed by atoms with Gasteiger partial charge in [-0.15, -0.1) is 0 Å². The highest BCUT2D eigenvalue weighted by Crippen LogP contribution is 2.56. The highest BCUT2D eigenvalue weighted by molar-refractivity contribution is 6.02. The van der Waals surface area contributed by atoms with E-state index in [9.17, 15) is 18.4 Å². The first-order valence-corrected chi connectivity index (χ1v) is 11.1. The van der Waals surface area contributed by atoms with E-state index >= 15 is 0 Å². The lowest BCUT2D eigenvalue weighted by molar-refractivity contribution is -0.0510. The standard InChI is InChI=1S/C21H26F2N6O5/c1-29-15(2-12(28-29)8-32-10-17(22)23)19(30)24-18-4-14(26-27-18)16-3-13(9-33-16)34-20(31)25-21-5-11(6-21)7-21/h2,4,11,13,16-17H,3,5-10H2,1H3,(H,25,31)(H2,24,26,27,30)/t11?,13-,16-,21?/m1/s1. The largest absolute Gasteiger partial charge is 0.444 e. The number of hydrogen-bond acceptors (Lipinski definition) is 7. The molecule has 4 fully saturated rings. The molecule has 2 amide bonds. The Kier molecular flexibility index (Phi) is 5.98. The number of alkyl halides is 2. The van der Waals surface area contributed by atoms with Crippen molar-refractivity contribution >= 4 is 17.8 Å². The van der Waals surface area contributed by atoms with E-state index in [4.69, 9.17) is 14.2 Å². The van der Waals surface area contributed by atoms with Gasteiger partial charge >= 0.3 is 6.09 Å². The fraction of sp³-hybridized carbons (Fsp3) is 0.619. The molecule has 2 bridgehead atoms. The SMILES string of the molecule is Cn1nc(COCC(F)F)cc1C(=O)Nc1cc([C@H]2C[C@@H](OC(=O)NC34CC(C3)C4)CO2)[nH]n1. The van der Waals surface area contributed by atoms with Gasteiger partial charge in [-0.1, -0.05) is 0 Å². The molecular formula is C21H26F2N6O5. The molecule has 184 valence electrons. The van der Waals surface area contributed by atoms with Crippen molar-refractivity contribution < 1.29 is 32.6 Å². The third kappa shape index (κ3) is 4.75. The molecule has 0 spiro atoms. The van der Waals surface area contributed by atoms with Crippen molar-refractivity contribution in [3.05, 3.63) is 29.2 Å². The Balaban J connectivity index is 1.11. The molecular weight excluding hydrogens is 454 g/mol.